The summed E-state index contributed by atoms with van der Waals surface area (Å²) in [6.45, 7) is 4.68. The molecule has 1 atom stereocenters. The van der Waals surface area contributed by atoms with E-state index in [1.54, 1.807) is 12.1 Å². The summed E-state index contributed by atoms with van der Waals surface area (Å²) < 4.78 is 35.4. The highest BCUT2D eigenvalue weighted by Crippen LogP contribution is 2.33. The predicted molar refractivity (Wildman–Crippen MR) is 162 cm³/mol. The number of carboxylic acid groups (broad SMARTS) is 1. The largest absolute Gasteiger partial charge is 0.480 e. The van der Waals surface area contributed by atoms with Gasteiger partial charge >= 0.3 is 5.97 Å². The molecule has 2 aromatic heterocycles. The van der Waals surface area contributed by atoms with Crippen molar-refractivity contribution in [2.24, 2.45) is 0 Å². The molecule has 0 bridgehead atoms. The fraction of sp³-hybridized carbons (Fsp3) is 0.419. The number of likely N-dealkylation sites (tertiary alicyclic amines) is 1. The van der Waals surface area contributed by atoms with E-state index in [-0.39, 0.29) is 30.0 Å². The lowest BCUT2D eigenvalue weighted by Crippen LogP contribution is -2.49. The van der Waals surface area contributed by atoms with Crippen molar-refractivity contribution >= 4 is 56.1 Å². The summed E-state index contributed by atoms with van der Waals surface area (Å²) in [5, 5.41) is 11.2. The topological polar surface area (TPSA) is 102 Å². The van der Waals surface area contributed by atoms with E-state index in [9.17, 15) is 28.3 Å². The fourth-order valence-corrected chi connectivity index (χ4v) is 7.73. The van der Waals surface area contributed by atoms with Gasteiger partial charge in [-0.1, -0.05) is 0 Å². The molecule has 3 aliphatic heterocycles. The van der Waals surface area contributed by atoms with Gasteiger partial charge in [-0.3, -0.25) is 14.5 Å². The quantitative estimate of drug-likeness (QED) is 0.337. The lowest BCUT2D eigenvalue weighted by atomic mass is 10.1. The average molecular weight is 623 g/mol. The number of halogens is 2. The van der Waals surface area contributed by atoms with Crippen molar-refractivity contribution in [3.8, 4) is 0 Å². The van der Waals surface area contributed by atoms with Gasteiger partial charge in [0.25, 0.3) is 5.91 Å². The van der Waals surface area contributed by atoms with Gasteiger partial charge in [0.1, 0.15) is 35.7 Å². The minimum atomic E-state index is -1.03. The summed E-state index contributed by atoms with van der Waals surface area (Å²) in [5.41, 5.74) is 2.03. The van der Waals surface area contributed by atoms with Crippen molar-refractivity contribution in [1.82, 2.24) is 23.6 Å². The number of nitrogens with zero attached hydrogens (tertiary/aromatic N) is 6. The number of benzene rings is 2. The maximum absolute atomic E-state index is 14.5. The Morgan fingerprint density at radius 2 is 1.73 bits per heavy atom. The van der Waals surface area contributed by atoms with Crippen LogP contribution in [0.4, 0.5) is 14.6 Å². The zero-order valence-electron chi connectivity index (χ0n) is 24.0. The van der Waals surface area contributed by atoms with Gasteiger partial charge < -0.3 is 24.4 Å². The van der Waals surface area contributed by atoms with Crippen LogP contribution in [0.1, 0.15) is 28.9 Å². The number of aliphatic carboxylic acids is 1. The second-order valence-corrected chi connectivity index (χ2v) is 12.5. The van der Waals surface area contributed by atoms with Crippen LogP contribution in [0.15, 0.2) is 36.4 Å². The molecule has 7 rings (SSSR count). The number of hydrogen-bond donors (Lipinski definition) is 1. The van der Waals surface area contributed by atoms with Gasteiger partial charge in [-0.2, -0.15) is 4.37 Å². The van der Waals surface area contributed by atoms with E-state index in [0.29, 0.717) is 56.5 Å². The molecule has 0 spiro atoms. The predicted octanol–water partition coefficient (Wildman–Crippen LogP) is 3.43. The molecule has 3 aliphatic rings. The molecule has 5 heterocycles. The maximum Gasteiger partial charge on any atom is 0.326 e. The molecule has 0 radical (unpaired) electrons. The van der Waals surface area contributed by atoms with Crippen molar-refractivity contribution in [2.75, 3.05) is 57.3 Å². The van der Waals surface area contributed by atoms with Gasteiger partial charge in [0.2, 0.25) is 5.91 Å². The third-order valence-electron chi connectivity index (χ3n) is 9.16. The minimum Gasteiger partial charge on any atom is -0.480 e. The SMILES string of the molecule is O=C(O)C1CCCN1C(=O)CN1CCn2c(c(CCN3CCN(c4nsc5cc(F)ccc45)CC3)c3cc(F)ccc32)C1=O. The Morgan fingerprint density at radius 1 is 0.955 bits per heavy atom. The summed E-state index contributed by atoms with van der Waals surface area (Å²) in [6, 6.07) is 8.47. The van der Waals surface area contributed by atoms with Crippen molar-refractivity contribution < 1.29 is 28.3 Å². The van der Waals surface area contributed by atoms with Gasteiger partial charge in [-0.15, -0.1) is 0 Å². The Kier molecular flexibility index (Phi) is 7.45. The van der Waals surface area contributed by atoms with Crippen molar-refractivity contribution in [3.63, 3.8) is 0 Å². The molecule has 44 heavy (non-hydrogen) atoms. The molecular formula is C31H32F2N6O4S. The zero-order valence-corrected chi connectivity index (χ0v) is 24.9. The smallest absolute Gasteiger partial charge is 0.326 e. The fourth-order valence-electron chi connectivity index (χ4n) is 6.90. The molecule has 2 fully saturated rings. The molecule has 0 saturated carbocycles. The normalized spacial score (nSPS) is 19.4. The molecule has 230 valence electrons. The van der Waals surface area contributed by atoms with Crippen LogP contribution in [0.25, 0.3) is 21.0 Å². The van der Waals surface area contributed by atoms with Crippen LogP contribution in [0.5, 0.6) is 0 Å². The molecule has 4 aromatic rings. The molecule has 1 N–H and O–H groups in total. The molecule has 0 aliphatic carbocycles. The number of rotatable bonds is 7. The van der Waals surface area contributed by atoms with Crippen LogP contribution in [-0.2, 0) is 22.6 Å². The lowest BCUT2D eigenvalue weighted by Gasteiger charge is -2.35. The first-order valence-corrected chi connectivity index (χ1v) is 15.7. The number of carboxylic acids is 1. The molecular weight excluding hydrogens is 590 g/mol. The van der Waals surface area contributed by atoms with E-state index in [1.165, 1.54) is 45.6 Å². The van der Waals surface area contributed by atoms with Crippen LogP contribution in [-0.4, -0.2) is 105 Å². The Labute approximate surface area is 256 Å². The van der Waals surface area contributed by atoms with E-state index in [0.717, 1.165) is 53.2 Å². The second-order valence-electron chi connectivity index (χ2n) is 11.7. The number of amides is 2. The molecule has 2 saturated heterocycles. The molecule has 2 amide bonds. The molecule has 2 aromatic carbocycles. The highest BCUT2D eigenvalue weighted by Gasteiger charge is 2.37. The summed E-state index contributed by atoms with van der Waals surface area (Å²) in [7, 11) is 0. The summed E-state index contributed by atoms with van der Waals surface area (Å²) in [6.07, 6.45) is 1.56. The molecule has 1 unspecified atom stereocenters. The average Bonchev–Trinajstić information content (AvgIpc) is 3.74. The third kappa shape index (κ3) is 5.07. The number of fused-ring (bicyclic) bond motifs is 4. The summed E-state index contributed by atoms with van der Waals surface area (Å²) >= 11 is 1.29. The van der Waals surface area contributed by atoms with E-state index >= 15 is 0 Å². The van der Waals surface area contributed by atoms with Gasteiger partial charge in [0, 0.05) is 68.6 Å². The van der Waals surface area contributed by atoms with Crippen molar-refractivity contribution in [1.29, 1.82) is 0 Å². The first kappa shape index (κ1) is 28.7. The standard InChI is InChI=1S/C31H32F2N6O4S/c32-19-4-6-24-23(16-19)21(7-9-35-10-12-36(13-11-35)29-22-5-3-20(33)17-26(22)44-34-29)28-30(41)37(14-15-39(24)28)18-27(40)38-8-1-2-25(38)31(42)43/h3-6,16-17,25H,1-2,7-15,18H2,(H,42,43). The Hall–Kier alpha value is -4.10. The molecule has 13 heteroatoms. The van der Waals surface area contributed by atoms with Crippen molar-refractivity contribution in [2.45, 2.75) is 31.8 Å². The lowest BCUT2D eigenvalue weighted by molar-refractivity contribution is -0.148. The third-order valence-corrected chi connectivity index (χ3v) is 9.96. The van der Waals surface area contributed by atoms with Crippen LogP contribution >= 0.6 is 11.5 Å². The van der Waals surface area contributed by atoms with Gasteiger partial charge in [0.15, 0.2) is 0 Å². The van der Waals surface area contributed by atoms with E-state index in [1.807, 2.05) is 4.57 Å². The van der Waals surface area contributed by atoms with Crippen LogP contribution < -0.4 is 4.90 Å². The highest BCUT2D eigenvalue weighted by molar-refractivity contribution is 7.13. The number of hydrogen-bond acceptors (Lipinski definition) is 7. The first-order chi connectivity index (χ1) is 21.3. The van der Waals surface area contributed by atoms with Crippen LogP contribution in [0.3, 0.4) is 0 Å². The van der Waals surface area contributed by atoms with E-state index < -0.39 is 12.0 Å². The highest BCUT2D eigenvalue weighted by atomic mass is 32.1. The van der Waals surface area contributed by atoms with Gasteiger partial charge in [0.05, 0.1) is 4.70 Å². The maximum atomic E-state index is 14.5. The van der Waals surface area contributed by atoms with Gasteiger partial charge in [-0.05, 0) is 72.8 Å². The molecule has 10 nitrogen and oxygen atoms in total. The Morgan fingerprint density at radius 3 is 2.52 bits per heavy atom. The van der Waals surface area contributed by atoms with Crippen LogP contribution in [0, 0.1) is 11.6 Å². The number of piperazine rings is 1. The second kappa shape index (κ2) is 11.4. The van der Waals surface area contributed by atoms with Crippen molar-refractivity contribution in [3.05, 3.63) is 59.3 Å². The van der Waals surface area contributed by atoms with Crippen LogP contribution in [0.2, 0.25) is 0 Å². The number of carbonyl (C=O) groups is 3. The number of anilines is 1. The number of carbonyl (C=O) groups excluding carboxylic acids is 2. The van der Waals surface area contributed by atoms with E-state index in [4.69, 9.17) is 0 Å². The number of aromatic nitrogens is 2. The summed E-state index contributed by atoms with van der Waals surface area (Å²) in [4.78, 5) is 46.0. The van der Waals surface area contributed by atoms with E-state index in [2.05, 4.69) is 14.2 Å². The summed E-state index contributed by atoms with van der Waals surface area (Å²) in [5.74, 6) is -1.46. The van der Waals surface area contributed by atoms with Gasteiger partial charge in [-0.25, -0.2) is 13.6 Å². The Bertz CT molecular complexity index is 1780. The monoisotopic (exact) mass is 622 g/mol. The Balaban J connectivity index is 1.07. The minimum absolute atomic E-state index is 0.183. The zero-order chi connectivity index (χ0) is 30.5. The first-order valence-electron chi connectivity index (χ1n) is 14.9.